The van der Waals surface area contributed by atoms with Gasteiger partial charge in [-0.25, -0.2) is 0 Å². The first-order chi connectivity index (χ1) is 12.2. The van der Waals surface area contributed by atoms with Crippen LogP contribution in [0.15, 0.2) is 48.5 Å². The van der Waals surface area contributed by atoms with E-state index in [0.717, 1.165) is 12.1 Å². The predicted octanol–water partition coefficient (Wildman–Crippen LogP) is 4.56. The minimum Gasteiger partial charge on any atom is -0.349 e. The number of amides is 2. The van der Waals surface area contributed by atoms with Gasteiger partial charge in [0.2, 0.25) is 11.8 Å². The fourth-order valence-corrected chi connectivity index (χ4v) is 2.63. The summed E-state index contributed by atoms with van der Waals surface area (Å²) in [5, 5.41) is 4.61. The normalized spacial score (nSPS) is 12.3. The van der Waals surface area contributed by atoms with Crippen LogP contribution in [0.5, 0.6) is 0 Å². The highest BCUT2D eigenvalue weighted by Crippen LogP contribution is 2.36. The van der Waals surface area contributed by atoms with E-state index in [0.29, 0.717) is 5.56 Å². The van der Waals surface area contributed by atoms with E-state index in [-0.39, 0.29) is 18.0 Å². The van der Waals surface area contributed by atoms with E-state index in [2.05, 4.69) is 10.6 Å². The molecule has 26 heavy (non-hydrogen) atoms. The van der Waals surface area contributed by atoms with Crippen molar-refractivity contribution in [3.8, 4) is 0 Å². The molecule has 2 aromatic rings. The number of benzene rings is 2. The van der Waals surface area contributed by atoms with Crippen LogP contribution in [0.2, 0.25) is 5.02 Å². The van der Waals surface area contributed by atoms with E-state index >= 15 is 0 Å². The van der Waals surface area contributed by atoms with Crippen molar-refractivity contribution >= 4 is 29.1 Å². The lowest BCUT2D eigenvalue weighted by Crippen LogP contribution is -2.29. The standard InChI is InChI=1S/C18H16ClF3N2O2/c1-11(25)23-16(12-5-3-2-4-6-12)10-17(26)24-13-7-8-15(19)14(9-13)18(20,21)22/h2-9,16H,10H2,1H3,(H,23,25)(H,24,26)/t16-/m1/s1. The van der Waals surface area contributed by atoms with Crippen LogP contribution in [0.4, 0.5) is 18.9 Å². The van der Waals surface area contributed by atoms with E-state index in [4.69, 9.17) is 11.6 Å². The summed E-state index contributed by atoms with van der Waals surface area (Å²) in [6.45, 7) is 1.32. The zero-order chi connectivity index (χ0) is 19.3. The quantitative estimate of drug-likeness (QED) is 0.793. The van der Waals surface area contributed by atoms with Crippen molar-refractivity contribution in [2.24, 2.45) is 0 Å². The monoisotopic (exact) mass is 384 g/mol. The zero-order valence-electron chi connectivity index (χ0n) is 13.7. The van der Waals surface area contributed by atoms with E-state index in [1.807, 2.05) is 0 Å². The molecule has 0 saturated carbocycles. The van der Waals surface area contributed by atoms with Crippen molar-refractivity contribution in [1.82, 2.24) is 5.32 Å². The lowest BCUT2D eigenvalue weighted by molar-refractivity contribution is -0.137. The third-order valence-corrected chi connectivity index (χ3v) is 3.85. The van der Waals surface area contributed by atoms with Crippen molar-refractivity contribution in [3.63, 3.8) is 0 Å². The highest BCUT2D eigenvalue weighted by molar-refractivity contribution is 6.31. The Kier molecular flexibility index (Phi) is 6.26. The van der Waals surface area contributed by atoms with Crippen LogP contribution >= 0.6 is 11.6 Å². The van der Waals surface area contributed by atoms with E-state index in [1.54, 1.807) is 30.3 Å². The fraction of sp³-hybridized carbons (Fsp3) is 0.222. The summed E-state index contributed by atoms with van der Waals surface area (Å²) in [4.78, 5) is 23.6. The number of hydrogen-bond acceptors (Lipinski definition) is 2. The molecule has 4 nitrogen and oxygen atoms in total. The Morgan fingerprint density at radius 2 is 1.77 bits per heavy atom. The maximum Gasteiger partial charge on any atom is 0.417 e. The molecule has 0 aromatic heterocycles. The molecule has 0 heterocycles. The molecule has 0 bridgehead atoms. The van der Waals surface area contributed by atoms with Gasteiger partial charge in [0, 0.05) is 12.6 Å². The summed E-state index contributed by atoms with van der Waals surface area (Å²) in [5.41, 5.74) is -0.343. The Bertz CT molecular complexity index is 795. The summed E-state index contributed by atoms with van der Waals surface area (Å²) in [6.07, 6.45) is -4.76. The lowest BCUT2D eigenvalue weighted by Gasteiger charge is -2.18. The molecule has 0 fully saturated rings. The van der Waals surface area contributed by atoms with Gasteiger partial charge in [-0.05, 0) is 23.8 Å². The number of alkyl halides is 3. The summed E-state index contributed by atoms with van der Waals surface area (Å²) in [5.74, 6) is -0.861. The number of hydrogen-bond donors (Lipinski definition) is 2. The van der Waals surface area contributed by atoms with Crippen molar-refractivity contribution in [1.29, 1.82) is 0 Å². The number of halogens is 4. The van der Waals surface area contributed by atoms with Gasteiger partial charge in [-0.3, -0.25) is 9.59 Å². The Labute approximate surface area is 153 Å². The predicted molar refractivity (Wildman–Crippen MR) is 92.7 cm³/mol. The van der Waals surface area contributed by atoms with Crippen LogP contribution in [-0.4, -0.2) is 11.8 Å². The van der Waals surface area contributed by atoms with E-state index in [1.165, 1.54) is 13.0 Å². The van der Waals surface area contributed by atoms with Gasteiger partial charge in [-0.1, -0.05) is 41.9 Å². The number of carbonyl (C=O) groups excluding carboxylic acids is 2. The molecule has 0 spiro atoms. The first-order valence-electron chi connectivity index (χ1n) is 7.65. The van der Waals surface area contributed by atoms with Crippen molar-refractivity contribution < 1.29 is 22.8 Å². The van der Waals surface area contributed by atoms with Gasteiger partial charge in [0.05, 0.1) is 23.0 Å². The number of nitrogens with one attached hydrogen (secondary N) is 2. The van der Waals surface area contributed by atoms with Gasteiger partial charge in [0.15, 0.2) is 0 Å². The minimum atomic E-state index is -4.62. The van der Waals surface area contributed by atoms with Gasteiger partial charge >= 0.3 is 6.18 Å². The third kappa shape index (κ3) is 5.49. The lowest BCUT2D eigenvalue weighted by atomic mass is 10.0. The van der Waals surface area contributed by atoms with Gasteiger partial charge < -0.3 is 10.6 Å². The highest BCUT2D eigenvalue weighted by Gasteiger charge is 2.33. The third-order valence-electron chi connectivity index (χ3n) is 3.52. The van der Waals surface area contributed by atoms with Crippen LogP contribution < -0.4 is 10.6 Å². The summed E-state index contributed by atoms with van der Waals surface area (Å²) < 4.78 is 38.7. The maximum atomic E-state index is 12.9. The van der Waals surface area contributed by atoms with Gasteiger partial charge in [0.25, 0.3) is 0 Å². The van der Waals surface area contributed by atoms with Gasteiger partial charge in [-0.15, -0.1) is 0 Å². The molecule has 0 aliphatic rings. The molecule has 0 radical (unpaired) electrons. The molecule has 8 heteroatoms. The number of rotatable bonds is 5. The molecule has 0 saturated heterocycles. The molecule has 2 rings (SSSR count). The smallest absolute Gasteiger partial charge is 0.349 e. The topological polar surface area (TPSA) is 58.2 Å². The van der Waals surface area contributed by atoms with Crippen LogP contribution in [0, 0.1) is 0 Å². The average Bonchev–Trinajstić information content (AvgIpc) is 2.55. The van der Waals surface area contributed by atoms with Crippen molar-refractivity contribution in [2.75, 3.05) is 5.32 Å². The molecule has 2 amide bonds. The van der Waals surface area contributed by atoms with Crippen LogP contribution in [0.1, 0.15) is 30.5 Å². The largest absolute Gasteiger partial charge is 0.417 e. The molecular formula is C18H16ClF3N2O2. The summed E-state index contributed by atoms with van der Waals surface area (Å²) in [7, 11) is 0. The molecule has 0 aliphatic heterocycles. The number of anilines is 1. The molecule has 2 aromatic carbocycles. The Morgan fingerprint density at radius 3 is 2.35 bits per heavy atom. The average molecular weight is 385 g/mol. The van der Waals surface area contributed by atoms with Crippen LogP contribution in [0.3, 0.4) is 0 Å². The first kappa shape index (κ1) is 19.8. The first-order valence-corrected chi connectivity index (χ1v) is 8.03. The van der Waals surface area contributed by atoms with Crippen molar-refractivity contribution in [3.05, 3.63) is 64.7 Å². The summed E-state index contributed by atoms with van der Waals surface area (Å²) >= 11 is 5.56. The SMILES string of the molecule is CC(=O)N[C@H](CC(=O)Nc1ccc(Cl)c(C(F)(F)F)c1)c1ccccc1. The minimum absolute atomic E-state index is 0.0265. The second kappa shape index (κ2) is 8.23. The van der Waals surface area contributed by atoms with Crippen molar-refractivity contribution in [2.45, 2.75) is 25.6 Å². The summed E-state index contributed by atoms with van der Waals surface area (Å²) in [6, 6.07) is 11.3. The van der Waals surface area contributed by atoms with E-state index in [9.17, 15) is 22.8 Å². The van der Waals surface area contributed by atoms with Crippen LogP contribution in [0.25, 0.3) is 0 Å². The Hall–Kier alpha value is -2.54. The molecule has 0 aliphatic carbocycles. The zero-order valence-corrected chi connectivity index (χ0v) is 14.5. The molecule has 138 valence electrons. The maximum absolute atomic E-state index is 12.9. The number of carbonyl (C=O) groups is 2. The molecule has 0 unspecified atom stereocenters. The van der Waals surface area contributed by atoms with Gasteiger partial charge in [0.1, 0.15) is 0 Å². The second-order valence-corrected chi connectivity index (χ2v) is 6.02. The Morgan fingerprint density at radius 1 is 1.12 bits per heavy atom. The fourth-order valence-electron chi connectivity index (χ4n) is 2.40. The van der Waals surface area contributed by atoms with Gasteiger partial charge in [-0.2, -0.15) is 13.2 Å². The molecule has 2 N–H and O–H groups in total. The molecule has 1 atom stereocenters. The highest BCUT2D eigenvalue weighted by atomic mass is 35.5. The van der Waals surface area contributed by atoms with Crippen LogP contribution in [-0.2, 0) is 15.8 Å². The second-order valence-electron chi connectivity index (χ2n) is 5.61. The van der Waals surface area contributed by atoms with E-state index < -0.39 is 28.7 Å². The molecular weight excluding hydrogens is 369 g/mol. The Balaban J connectivity index is 2.14.